The van der Waals surface area contributed by atoms with E-state index in [4.69, 9.17) is 0 Å². The van der Waals surface area contributed by atoms with Crippen molar-refractivity contribution in [1.82, 2.24) is 10.6 Å². The maximum Gasteiger partial charge on any atom is 0.191 e. The van der Waals surface area contributed by atoms with Crippen LogP contribution in [0.5, 0.6) is 0 Å². The zero-order valence-corrected chi connectivity index (χ0v) is 13.9. The summed E-state index contributed by atoms with van der Waals surface area (Å²) in [6, 6.07) is 0.516. The zero-order valence-electron chi connectivity index (χ0n) is 13.0. The first kappa shape index (κ1) is 16.0. The van der Waals surface area contributed by atoms with Crippen molar-refractivity contribution in [2.75, 3.05) is 25.1 Å². The lowest BCUT2D eigenvalue weighted by Crippen LogP contribution is -2.50. The molecule has 0 aromatic heterocycles. The summed E-state index contributed by atoms with van der Waals surface area (Å²) in [7, 11) is 1.80. The maximum absolute atomic E-state index is 10.3. The number of nitrogens with one attached hydrogen (secondary N) is 2. The van der Waals surface area contributed by atoms with Gasteiger partial charge < -0.3 is 15.7 Å². The molecule has 2 aliphatic rings. The lowest BCUT2D eigenvalue weighted by atomic mass is 9.75. The number of rotatable bonds is 3. The van der Waals surface area contributed by atoms with Crippen molar-refractivity contribution in [2.45, 2.75) is 57.6 Å². The second-order valence-electron chi connectivity index (χ2n) is 7.04. The fourth-order valence-corrected chi connectivity index (χ4v) is 4.21. The smallest absolute Gasteiger partial charge is 0.191 e. The molecule has 5 heteroatoms. The average molecular weight is 299 g/mol. The van der Waals surface area contributed by atoms with Gasteiger partial charge in [-0.15, -0.1) is 0 Å². The number of guanidine groups is 1. The van der Waals surface area contributed by atoms with Crippen molar-refractivity contribution >= 4 is 17.7 Å². The molecular formula is C15H29N3OS. The largest absolute Gasteiger partial charge is 0.387 e. The molecule has 0 spiro atoms. The van der Waals surface area contributed by atoms with Crippen LogP contribution in [0.15, 0.2) is 4.99 Å². The van der Waals surface area contributed by atoms with E-state index in [0.29, 0.717) is 18.0 Å². The summed E-state index contributed by atoms with van der Waals surface area (Å²) < 4.78 is 0. The quantitative estimate of drug-likeness (QED) is 0.551. The Morgan fingerprint density at radius 3 is 2.55 bits per heavy atom. The Morgan fingerprint density at radius 1 is 1.30 bits per heavy atom. The molecule has 1 unspecified atom stereocenters. The third kappa shape index (κ3) is 4.55. The van der Waals surface area contributed by atoms with Gasteiger partial charge in [-0.3, -0.25) is 4.99 Å². The highest BCUT2D eigenvalue weighted by atomic mass is 32.2. The number of nitrogens with zero attached hydrogens (tertiary/aromatic N) is 1. The summed E-state index contributed by atoms with van der Waals surface area (Å²) in [5.74, 6) is 2.72. The lowest BCUT2D eigenvalue weighted by Gasteiger charge is -2.35. The van der Waals surface area contributed by atoms with Crippen LogP contribution < -0.4 is 10.6 Å². The molecule has 3 N–H and O–H groups in total. The van der Waals surface area contributed by atoms with E-state index in [1.807, 2.05) is 11.8 Å². The summed E-state index contributed by atoms with van der Waals surface area (Å²) in [4.78, 5) is 4.29. The van der Waals surface area contributed by atoms with E-state index < -0.39 is 5.60 Å². The molecule has 116 valence electrons. The van der Waals surface area contributed by atoms with Crippen LogP contribution in [0.4, 0.5) is 0 Å². The van der Waals surface area contributed by atoms with Crippen molar-refractivity contribution in [3.05, 3.63) is 0 Å². The summed E-state index contributed by atoms with van der Waals surface area (Å²) in [5, 5.41) is 17.1. The van der Waals surface area contributed by atoms with Gasteiger partial charge >= 0.3 is 0 Å². The van der Waals surface area contributed by atoms with Gasteiger partial charge in [-0.1, -0.05) is 13.8 Å². The molecule has 2 fully saturated rings. The van der Waals surface area contributed by atoms with E-state index >= 15 is 0 Å². The fourth-order valence-electron chi connectivity index (χ4n) is 2.92. The Kier molecular flexibility index (Phi) is 5.24. The van der Waals surface area contributed by atoms with Gasteiger partial charge in [-0.05, 0) is 43.3 Å². The first-order valence-electron chi connectivity index (χ1n) is 7.70. The highest BCUT2D eigenvalue weighted by Crippen LogP contribution is 2.35. The Bertz CT molecular complexity index is 341. The SMILES string of the molecule is CN=C(NCC1(O)CCSC1)NC1CCC(C)(C)CC1. The highest BCUT2D eigenvalue weighted by molar-refractivity contribution is 7.99. The summed E-state index contributed by atoms with van der Waals surface area (Å²) >= 11 is 1.83. The molecule has 0 amide bonds. The molecule has 1 heterocycles. The molecule has 0 radical (unpaired) electrons. The highest BCUT2D eigenvalue weighted by Gasteiger charge is 2.32. The van der Waals surface area contributed by atoms with E-state index in [9.17, 15) is 5.11 Å². The minimum absolute atomic E-state index is 0.491. The van der Waals surface area contributed by atoms with Crippen molar-refractivity contribution in [2.24, 2.45) is 10.4 Å². The van der Waals surface area contributed by atoms with E-state index in [-0.39, 0.29) is 0 Å². The van der Waals surface area contributed by atoms with Crippen LogP contribution in [-0.2, 0) is 0 Å². The van der Waals surface area contributed by atoms with Crippen LogP contribution in [-0.4, -0.2) is 47.8 Å². The normalized spacial score (nSPS) is 31.3. The molecule has 1 saturated carbocycles. The molecule has 1 atom stereocenters. The average Bonchev–Trinajstić information content (AvgIpc) is 2.84. The molecule has 2 rings (SSSR count). The monoisotopic (exact) mass is 299 g/mol. The maximum atomic E-state index is 10.3. The van der Waals surface area contributed by atoms with Crippen LogP contribution in [0, 0.1) is 5.41 Å². The minimum atomic E-state index is -0.559. The topological polar surface area (TPSA) is 56.7 Å². The molecule has 0 aromatic carbocycles. The second kappa shape index (κ2) is 6.56. The van der Waals surface area contributed by atoms with Gasteiger partial charge in [0.1, 0.15) is 0 Å². The van der Waals surface area contributed by atoms with Crippen LogP contribution in [0.2, 0.25) is 0 Å². The van der Waals surface area contributed by atoms with Crippen LogP contribution in [0.1, 0.15) is 46.0 Å². The molecule has 4 nitrogen and oxygen atoms in total. The number of hydrogen-bond donors (Lipinski definition) is 3. The molecule has 0 aromatic rings. The van der Waals surface area contributed by atoms with Crippen LogP contribution >= 0.6 is 11.8 Å². The second-order valence-corrected chi connectivity index (χ2v) is 8.14. The third-order valence-corrected chi connectivity index (χ3v) is 5.81. The number of aliphatic imine (C=N–C) groups is 1. The van der Waals surface area contributed by atoms with E-state index in [0.717, 1.165) is 23.9 Å². The van der Waals surface area contributed by atoms with E-state index in [1.54, 1.807) is 7.05 Å². The molecule has 1 aliphatic carbocycles. The van der Waals surface area contributed by atoms with Gasteiger partial charge in [-0.25, -0.2) is 0 Å². The standard InChI is InChI=1S/C15H29N3OS/c1-14(2)6-4-12(5-7-14)18-13(16-3)17-10-15(19)8-9-20-11-15/h12,19H,4-11H2,1-3H3,(H2,16,17,18). The predicted octanol–water partition coefficient (Wildman–Crippen LogP) is 1.99. The number of aliphatic hydroxyl groups is 1. The zero-order chi connectivity index (χ0) is 14.6. The molecule has 0 bridgehead atoms. The predicted molar refractivity (Wildman–Crippen MR) is 87.4 cm³/mol. The van der Waals surface area contributed by atoms with Gasteiger partial charge in [0, 0.05) is 25.4 Å². The van der Waals surface area contributed by atoms with Crippen molar-refractivity contribution in [3.63, 3.8) is 0 Å². The van der Waals surface area contributed by atoms with Crippen LogP contribution in [0.25, 0.3) is 0 Å². The Morgan fingerprint density at radius 2 is 2.00 bits per heavy atom. The van der Waals surface area contributed by atoms with E-state index in [2.05, 4.69) is 29.5 Å². The number of hydrogen-bond acceptors (Lipinski definition) is 3. The van der Waals surface area contributed by atoms with E-state index in [1.165, 1.54) is 25.7 Å². The number of thioether (sulfide) groups is 1. The minimum Gasteiger partial charge on any atom is -0.387 e. The first-order chi connectivity index (χ1) is 9.42. The summed E-state index contributed by atoms with van der Waals surface area (Å²) in [6.07, 6.45) is 5.81. The Hall–Kier alpha value is -0.420. The lowest BCUT2D eigenvalue weighted by molar-refractivity contribution is 0.0723. The molecule has 20 heavy (non-hydrogen) atoms. The molecular weight excluding hydrogens is 270 g/mol. The molecule has 1 aliphatic heterocycles. The van der Waals surface area contributed by atoms with Gasteiger partial charge in [-0.2, -0.15) is 11.8 Å². The van der Waals surface area contributed by atoms with Crippen molar-refractivity contribution in [1.29, 1.82) is 0 Å². The molecule has 1 saturated heterocycles. The van der Waals surface area contributed by atoms with Crippen molar-refractivity contribution in [3.8, 4) is 0 Å². The Balaban J connectivity index is 1.76. The fraction of sp³-hybridized carbons (Fsp3) is 0.933. The van der Waals surface area contributed by atoms with Gasteiger partial charge in [0.05, 0.1) is 5.60 Å². The summed E-state index contributed by atoms with van der Waals surface area (Å²) in [6.45, 7) is 5.30. The van der Waals surface area contributed by atoms with Gasteiger partial charge in [0.25, 0.3) is 0 Å². The first-order valence-corrected chi connectivity index (χ1v) is 8.85. The van der Waals surface area contributed by atoms with Crippen LogP contribution in [0.3, 0.4) is 0 Å². The summed E-state index contributed by atoms with van der Waals surface area (Å²) in [5.41, 5.74) is -0.0673. The third-order valence-electron chi connectivity index (χ3n) is 4.57. The van der Waals surface area contributed by atoms with Crippen molar-refractivity contribution < 1.29 is 5.11 Å². The Labute approximate surface area is 127 Å². The van der Waals surface area contributed by atoms with Gasteiger partial charge in [0.2, 0.25) is 0 Å². The van der Waals surface area contributed by atoms with Gasteiger partial charge in [0.15, 0.2) is 5.96 Å².